The van der Waals surface area contributed by atoms with Crippen molar-refractivity contribution in [3.8, 4) is 11.8 Å². The van der Waals surface area contributed by atoms with Crippen LogP contribution in [-0.4, -0.2) is 12.0 Å². The molecule has 2 rings (SSSR count). The minimum atomic E-state index is -0.921. The van der Waals surface area contributed by atoms with E-state index in [-0.39, 0.29) is 5.69 Å². The quantitative estimate of drug-likeness (QED) is 0.943. The number of nitrogens with one attached hydrogen (secondary N) is 1. The first-order valence-electron chi connectivity index (χ1n) is 6.42. The topological polar surface area (TPSA) is 62.1 Å². The number of hydrogen-bond donors (Lipinski definition) is 1. The Labute approximate surface area is 125 Å². The standard InChI is InChI=1S/C16H12F2N2O2/c1-10(22-13-5-2-11(9-19)3-6-13)16(21)20-15-8-12(17)4-7-14(15)18/h2-8,10H,1H3,(H,20,21). The summed E-state index contributed by atoms with van der Waals surface area (Å²) in [5.41, 5.74) is 0.214. The van der Waals surface area contributed by atoms with Gasteiger partial charge in [-0.1, -0.05) is 0 Å². The van der Waals surface area contributed by atoms with Gasteiger partial charge in [-0.2, -0.15) is 5.26 Å². The zero-order valence-electron chi connectivity index (χ0n) is 11.6. The zero-order chi connectivity index (χ0) is 16.1. The largest absolute Gasteiger partial charge is 0.481 e. The van der Waals surface area contributed by atoms with E-state index in [1.165, 1.54) is 6.92 Å². The van der Waals surface area contributed by atoms with Gasteiger partial charge < -0.3 is 10.1 Å². The van der Waals surface area contributed by atoms with E-state index in [1.54, 1.807) is 24.3 Å². The Morgan fingerprint density at radius 1 is 1.23 bits per heavy atom. The van der Waals surface area contributed by atoms with E-state index < -0.39 is 23.6 Å². The number of nitrogens with zero attached hydrogens (tertiary/aromatic N) is 1. The second-order valence-electron chi connectivity index (χ2n) is 4.51. The van der Waals surface area contributed by atoms with Gasteiger partial charge in [-0.15, -0.1) is 0 Å². The second kappa shape index (κ2) is 6.68. The molecule has 2 aromatic rings. The van der Waals surface area contributed by atoms with E-state index in [0.29, 0.717) is 11.3 Å². The number of carbonyl (C=O) groups excluding carboxylic acids is 1. The summed E-state index contributed by atoms with van der Waals surface area (Å²) in [6.45, 7) is 1.48. The molecule has 2 aromatic carbocycles. The number of halogens is 2. The molecule has 4 nitrogen and oxygen atoms in total. The fourth-order valence-corrected chi connectivity index (χ4v) is 1.69. The Morgan fingerprint density at radius 2 is 1.91 bits per heavy atom. The Bertz CT molecular complexity index is 724. The molecule has 1 amide bonds. The maximum atomic E-state index is 13.5. The van der Waals surface area contributed by atoms with Crippen LogP contribution in [0.1, 0.15) is 12.5 Å². The van der Waals surface area contributed by atoms with Gasteiger partial charge in [0.05, 0.1) is 17.3 Å². The SMILES string of the molecule is CC(Oc1ccc(C#N)cc1)C(=O)Nc1cc(F)ccc1F. The van der Waals surface area contributed by atoms with E-state index in [4.69, 9.17) is 10.00 Å². The molecular formula is C16H12F2N2O2. The lowest BCUT2D eigenvalue weighted by atomic mass is 10.2. The highest BCUT2D eigenvalue weighted by Crippen LogP contribution is 2.17. The third kappa shape index (κ3) is 3.79. The van der Waals surface area contributed by atoms with Crippen molar-refractivity contribution in [1.82, 2.24) is 0 Å². The van der Waals surface area contributed by atoms with E-state index in [0.717, 1.165) is 18.2 Å². The summed E-state index contributed by atoms with van der Waals surface area (Å²) in [6, 6.07) is 10.9. The highest BCUT2D eigenvalue weighted by molar-refractivity contribution is 5.94. The molecule has 22 heavy (non-hydrogen) atoms. The van der Waals surface area contributed by atoms with E-state index >= 15 is 0 Å². The fourth-order valence-electron chi connectivity index (χ4n) is 1.69. The monoisotopic (exact) mass is 302 g/mol. The number of amides is 1. The first-order valence-corrected chi connectivity index (χ1v) is 6.42. The van der Waals surface area contributed by atoms with Crippen LogP contribution < -0.4 is 10.1 Å². The highest BCUT2D eigenvalue weighted by Gasteiger charge is 2.17. The Morgan fingerprint density at radius 3 is 2.55 bits per heavy atom. The lowest BCUT2D eigenvalue weighted by Crippen LogP contribution is -2.30. The molecule has 0 radical (unpaired) electrons. The van der Waals surface area contributed by atoms with Crippen molar-refractivity contribution in [2.75, 3.05) is 5.32 Å². The predicted octanol–water partition coefficient (Wildman–Crippen LogP) is 3.24. The lowest BCUT2D eigenvalue weighted by molar-refractivity contribution is -0.122. The van der Waals surface area contributed by atoms with Crippen LogP contribution >= 0.6 is 0 Å². The van der Waals surface area contributed by atoms with E-state index in [1.807, 2.05) is 6.07 Å². The van der Waals surface area contributed by atoms with Crippen molar-refractivity contribution in [3.63, 3.8) is 0 Å². The smallest absolute Gasteiger partial charge is 0.265 e. The summed E-state index contributed by atoms with van der Waals surface area (Å²) in [4.78, 5) is 11.9. The van der Waals surface area contributed by atoms with Crippen molar-refractivity contribution in [2.45, 2.75) is 13.0 Å². The van der Waals surface area contributed by atoms with Gasteiger partial charge in [0.1, 0.15) is 17.4 Å². The van der Waals surface area contributed by atoms with Crippen LogP contribution in [0.2, 0.25) is 0 Å². The van der Waals surface area contributed by atoms with Crippen molar-refractivity contribution in [1.29, 1.82) is 5.26 Å². The summed E-state index contributed by atoms with van der Waals surface area (Å²) in [7, 11) is 0. The molecule has 0 saturated carbocycles. The molecular weight excluding hydrogens is 290 g/mol. The zero-order valence-corrected chi connectivity index (χ0v) is 11.6. The number of hydrogen-bond acceptors (Lipinski definition) is 3. The summed E-state index contributed by atoms with van der Waals surface area (Å²) in [5, 5.41) is 11.0. The van der Waals surface area contributed by atoms with Crippen LogP contribution in [-0.2, 0) is 4.79 Å². The van der Waals surface area contributed by atoms with Gasteiger partial charge in [-0.25, -0.2) is 8.78 Å². The molecule has 0 bridgehead atoms. The molecule has 1 atom stereocenters. The summed E-state index contributed by atoms with van der Waals surface area (Å²) < 4.78 is 31.9. The van der Waals surface area contributed by atoms with Gasteiger partial charge >= 0.3 is 0 Å². The van der Waals surface area contributed by atoms with Crippen LogP contribution in [0, 0.1) is 23.0 Å². The van der Waals surface area contributed by atoms with Crippen molar-refractivity contribution in [3.05, 3.63) is 59.7 Å². The molecule has 0 aliphatic rings. The van der Waals surface area contributed by atoms with Gasteiger partial charge in [0.15, 0.2) is 6.10 Å². The summed E-state index contributed by atoms with van der Waals surface area (Å²) in [6.07, 6.45) is -0.921. The molecule has 0 aliphatic carbocycles. The number of nitriles is 1. The van der Waals surface area contributed by atoms with Crippen LogP contribution in [0.15, 0.2) is 42.5 Å². The van der Waals surface area contributed by atoms with Crippen LogP contribution in [0.4, 0.5) is 14.5 Å². The number of anilines is 1. The molecule has 0 saturated heterocycles. The van der Waals surface area contributed by atoms with Crippen LogP contribution in [0.3, 0.4) is 0 Å². The molecule has 0 aromatic heterocycles. The lowest BCUT2D eigenvalue weighted by Gasteiger charge is -2.15. The second-order valence-corrected chi connectivity index (χ2v) is 4.51. The molecule has 0 fully saturated rings. The average molecular weight is 302 g/mol. The first kappa shape index (κ1) is 15.4. The minimum absolute atomic E-state index is 0.250. The summed E-state index contributed by atoms with van der Waals surface area (Å²) in [5.74, 6) is -1.62. The Hall–Kier alpha value is -2.94. The fraction of sp³-hybridized carbons (Fsp3) is 0.125. The maximum absolute atomic E-state index is 13.5. The maximum Gasteiger partial charge on any atom is 0.265 e. The molecule has 0 spiro atoms. The molecule has 6 heteroatoms. The molecule has 112 valence electrons. The van der Waals surface area contributed by atoms with Crippen molar-refractivity contribution < 1.29 is 18.3 Å². The summed E-state index contributed by atoms with van der Waals surface area (Å²) >= 11 is 0. The van der Waals surface area contributed by atoms with Crippen molar-refractivity contribution in [2.24, 2.45) is 0 Å². The number of benzene rings is 2. The molecule has 1 unspecified atom stereocenters. The van der Waals surface area contributed by atoms with Gasteiger partial charge in [0.2, 0.25) is 0 Å². The van der Waals surface area contributed by atoms with Crippen LogP contribution in [0.25, 0.3) is 0 Å². The van der Waals surface area contributed by atoms with Gasteiger partial charge in [0.25, 0.3) is 5.91 Å². The molecule has 0 aliphatic heterocycles. The first-order chi connectivity index (χ1) is 10.5. The van der Waals surface area contributed by atoms with Gasteiger partial charge in [-0.3, -0.25) is 4.79 Å². The highest BCUT2D eigenvalue weighted by atomic mass is 19.1. The average Bonchev–Trinajstić information content (AvgIpc) is 2.51. The number of rotatable bonds is 4. The van der Waals surface area contributed by atoms with Gasteiger partial charge in [0, 0.05) is 6.07 Å². The van der Waals surface area contributed by atoms with E-state index in [2.05, 4.69) is 5.32 Å². The van der Waals surface area contributed by atoms with Crippen molar-refractivity contribution >= 4 is 11.6 Å². The third-order valence-electron chi connectivity index (χ3n) is 2.85. The third-order valence-corrected chi connectivity index (χ3v) is 2.85. The van der Waals surface area contributed by atoms with Gasteiger partial charge in [-0.05, 0) is 43.3 Å². The number of ether oxygens (including phenoxy) is 1. The number of carbonyl (C=O) groups is 1. The molecule has 0 heterocycles. The predicted molar refractivity (Wildman–Crippen MR) is 76.2 cm³/mol. The van der Waals surface area contributed by atoms with Crippen LogP contribution in [0.5, 0.6) is 5.75 Å². The Kier molecular flexibility index (Phi) is 4.69. The Balaban J connectivity index is 2.02. The normalized spacial score (nSPS) is 11.4. The minimum Gasteiger partial charge on any atom is -0.481 e. The van der Waals surface area contributed by atoms with E-state index in [9.17, 15) is 13.6 Å². The molecule has 1 N–H and O–H groups in total.